The molecule has 174 valence electrons. The first-order valence-electron chi connectivity index (χ1n) is 11.5. The van der Waals surface area contributed by atoms with Crippen LogP contribution in [0.25, 0.3) is 16.8 Å². The van der Waals surface area contributed by atoms with Gasteiger partial charge in [-0.1, -0.05) is 82.7 Å². The van der Waals surface area contributed by atoms with Gasteiger partial charge in [-0.2, -0.15) is 5.26 Å². The fourth-order valence-electron chi connectivity index (χ4n) is 3.79. The molecule has 0 fully saturated rings. The normalized spacial score (nSPS) is 11.1. The third-order valence-electron chi connectivity index (χ3n) is 5.62. The quantitative estimate of drug-likeness (QED) is 0.148. The first kappa shape index (κ1) is 24.3. The lowest BCUT2D eigenvalue weighted by Crippen LogP contribution is -2.25. The zero-order chi connectivity index (χ0) is 24.5. The largest absolute Gasteiger partial charge is 0.488 e. The van der Waals surface area contributed by atoms with Gasteiger partial charge >= 0.3 is 0 Å². The van der Waals surface area contributed by atoms with Crippen molar-refractivity contribution >= 4 is 38.7 Å². The number of nitrogens with one attached hydrogen (secondary N) is 1. The lowest BCUT2D eigenvalue weighted by molar-refractivity contribution is -0.117. The molecule has 0 radical (unpaired) electrons. The number of carbonyl (C=O) groups is 1. The van der Waals surface area contributed by atoms with Crippen LogP contribution in [0, 0.1) is 11.3 Å². The zero-order valence-electron chi connectivity index (χ0n) is 19.2. The molecule has 0 heterocycles. The number of ether oxygens (including phenoxy) is 1. The lowest BCUT2D eigenvalue weighted by atomic mass is 10.1. The maximum Gasteiger partial charge on any atom is 0.261 e. The average molecular weight is 525 g/mol. The van der Waals surface area contributed by atoms with Gasteiger partial charge in [0.15, 0.2) is 0 Å². The van der Waals surface area contributed by atoms with Crippen LogP contribution in [-0.4, -0.2) is 12.5 Å². The second-order valence-corrected chi connectivity index (χ2v) is 9.08. The Bertz CT molecular complexity index is 1390. The van der Waals surface area contributed by atoms with Gasteiger partial charge in [0.05, 0.1) is 0 Å². The molecular weight excluding hydrogens is 500 g/mol. The number of nitrogens with zero attached hydrogens (tertiary/aromatic N) is 1. The number of carbonyl (C=O) groups excluding carboxylic acids is 1. The van der Waals surface area contributed by atoms with Gasteiger partial charge in [0.2, 0.25) is 0 Å². The van der Waals surface area contributed by atoms with Crippen molar-refractivity contribution < 1.29 is 9.53 Å². The third-order valence-corrected chi connectivity index (χ3v) is 6.11. The van der Waals surface area contributed by atoms with Crippen LogP contribution in [0.2, 0.25) is 0 Å². The molecule has 4 rings (SSSR count). The molecule has 1 amide bonds. The van der Waals surface area contributed by atoms with Gasteiger partial charge in [-0.15, -0.1) is 0 Å². The molecule has 0 saturated heterocycles. The van der Waals surface area contributed by atoms with E-state index in [4.69, 9.17) is 4.74 Å². The summed E-state index contributed by atoms with van der Waals surface area (Å²) in [5.74, 6) is 0.215. The molecule has 0 aliphatic rings. The second-order valence-electron chi connectivity index (χ2n) is 8.17. The Labute approximate surface area is 214 Å². The van der Waals surface area contributed by atoms with E-state index in [9.17, 15) is 10.1 Å². The van der Waals surface area contributed by atoms with E-state index in [-0.39, 0.29) is 11.5 Å². The van der Waals surface area contributed by atoms with E-state index in [1.807, 2.05) is 60.7 Å². The smallest absolute Gasteiger partial charge is 0.261 e. The lowest BCUT2D eigenvalue weighted by Gasteiger charge is -2.11. The van der Waals surface area contributed by atoms with Crippen molar-refractivity contribution in [1.82, 2.24) is 5.32 Å². The molecule has 0 aliphatic heterocycles. The molecule has 35 heavy (non-hydrogen) atoms. The summed E-state index contributed by atoms with van der Waals surface area (Å²) in [6, 6.07) is 32.1. The molecule has 0 saturated carbocycles. The Morgan fingerprint density at radius 1 is 0.914 bits per heavy atom. The molecule has 4 nitrogen and oxygen atoms in total. The van der Waals surface area contributed by atoms with Crippen molar-refractivity contribution in [3.05, 3.63) is 118 Å². The molecule has 0 bridgehead atoms. The molecule has 1 N–H and O–H groups in total. The predicted octanol–water partition coefficient (Wildman–Crippen LogP) is 6.84. The van der Waals surface area contributed by atoms with E-state index >= 15 is 0 Å². The Kier molecular flexibility index (Phi) is 8.32. The topological polar surface area (TPSA) is 62.1 Å². The summed E-state index contributed by atoms with van der Waals surface area (Å²) in [4.78, 5) is 12.6. The minimum absolute atomic E-state index is 0.0402. The van der Waals surface area contributed by atoms with E-state index in [0.29, 0.717) is 24.5 Å². The van der Waals surface area contributed by atoms with Gasteiger partial charge in [-0.25, -0.2) is 0 Å². The minimum atomic E-state index is -0.388. The molecule has 4 aromatic carbocycles. The number of amides is 1. The second kappa shape index (κ2) is 12.0. The SMILES string of the molecule is N#C/C(=C/c1cc(Br)ccc1OCc1ccc2ccccc2c1)C(=O)NCCCc1ccccc1. The number of benzene rings is 4. The molecule has 5 heteroatoms. The standard InChI is InChI=1S/C30H25BrN2O2/c31-28-14-15-29(35-21-23-12-13-24-10-4-5-11-25(24)17-23)26(19-28)18-27(20-32)30(34)33-16-6-9-22-7-2-1-3-8-22/h1-5,7-8,10-15,17-19H,6,9,16,21H2,(H,33,34)/b27-18-. The number of aryl methyl sites for hydroxylation is 1. The predicted molar refractivity (Wildman–Crippen MR) is 144 cm³/mol. The van der Waals surface area contributed by atoms with Gasteiger partial charge in [0, 0.05) is 16.6 Å². The van der Waals surface area contributed by atoms with Crippen molar-refractivity contribution in [1.29, 1.82) is 5.26 Å². The molecule has 0 spiro atoms. The summed E-state index contributed by atoms with van der Waals surface area (Å²) in [7, 11) is 0. The molecular formula is C30H25BrN2O2. The summed E-state index contributed by atoms with van der Waals surface area (Å²) in [5.41, 5.74) is 2.97. The van der Waals surface area contributed by atoms with Crippen molar-refractivity contribution in [2.24, 2.45) is 0 Å². The summed E-state index contributed by atoms with van der Waals surface area (Å²) in [6.45, 7) is 0.872. The highest BCUT2D eigenvalue weighted by Crippen LogP contribution is 2.27. The molecule has 0 atom stereocenters. The summed E-state index contributed by atoms with van der Waals surface area (Å²) in [6.07, 6.45) is 3.24. The van der Waals surface area contributed by atoms with Gasteiger partial charge in [0.1, 0.15) is 24.0 Å². The highest BCUT2D eigenvalue weighted by Gasteiger charge is 2.11. The van der Waals surface area contributed by atoms with E-state index < -0.39 is 0 Å². The van der Waals surface area contributed by atoms with Gasteiger partial charge in [-0.05, 0) is 65.1 Å². The van der Waals surface area contributed by atoms with Crippen LogP contribution in [0.3, 0.4) is 0 Å². The van der Waals surface area contributed by atoms with Crippen molar-refractivity contribution in [3.8, 4) is 11.8 Å². The van der Waals surface area contributed by atoms with Crippen LogP contribution in [0.1, 0.15) is 23.1 Å². The maximum atomic E-state index is 12.6. The van der Waals surface area contributed by atoms with E-state index in [2.05, 4.69) is 57.6 Å². The maximum absolute atomic E-state index is 12.6. The Balaban J connectivity index is 1.42. The zero-order valence-corrected chi connectivity index (χ0v) is 20.8. The van der Waals surface area contributed by atoms with Crippen LogP contribution in [0.15, 0.2) is 101 Å². The van der Waals surface area contributed by atoms with Gasteiger partial charge in [0.25, 0.3) is 5.91 Å². The number of hydrogen-bond donors (Lipinski definition) is 1. The molecule has 0 aliphatic carbocycles. The highest BCUT2D eigenvalue weighted by atomic mass is 79.9. The van der Waals surface area contributed by atoms with Crippen LogP contribution >= 0.6 is 15.9 Å². The van der Waals surface area contributed by atoms with Gasteiger partial charge < -0.3 is 10.1 Å². The monoisotopic (exact) mass is 524 g/mol. The van der Waals surface area contributed by atoms with E-state index in [1.165, 1.54) is 10.9 Å². The fraction of sp³-hybridized carbons (Fsp3) is 0.133. The Morgan fingerprint density at radius 2 is 1.69 bits per heavy atom. The highest BCUT2D eigenvalue weighted by molar-refractivity contribution is 9.10. The number of nitriles is 1. The van der Waals surface area contributed by atoms with Crippen LogP contribution in [-0.2, 0) is 17.8 Å². The van der Waals surface area contributed by atoms with Crippen molar-refractivity contribution in [3.63, 3.8) is 0 Å². The Morgan fingerprint density at radius 3 is 2.49 bits per heavy atom. The van der Waals surface area contributed by atoms with Crippen molar-refractivity contribution in [2.45, 2.75) is 19.4 Å². The van der Waals surface area contributed by atoms with Crippen molar-refractivity contribution in [2.75, 3.05) is 6.54 Å². The fourth-order valence-corrected chi connectivity index (χ4v) is 4.17. The minimum Gasteiger partial charge on any atom is -0.488 e. The van der Waals surface area contributed by atoms with Crippen LogP contribution < -0.4 is 10.1 Å². The number of hydrogen-bond acceptors (Lipinski definition) is 3. The average Bonchev–Trinajstić information content (AvgIpc) is 2.89. The first-order valence-corrected chi connectivity index (χ1v) is 12.3. The number of rotatable bonds is 9. The Hall–Kier alpha value is -3.88. The summed E-state index contributed by atoms with van der Waals surface area (Å²) in [5, 5.41) is 14.8. The number of fused-ring (bicyclic) bond motifs is 1. The summed E-state index contributed by atoms with van der Waals surface area (Å²) >= 11 is 3.47. The third kappa shape index (κ3) is 6.81. The van der Waals surface area contributed by atoms with Gasteiger partial charge in [-0.3, -0.25) is 4.79 Å². The first-order chi connectivity index (χ1) is 17.1. The van der Waals surface area contributed by atoms with E-state index in [0.717, 1.165) is 28.3 Å². The van der Waals surface area contributed by atoms with E-state index in [1.54, 1.807) is 6.08 Å². The summed E-state index contributed by atoms with van der Waals surface area (Å²) < 4.78 is 6.93. The number of halogens is 1. The van der Waals surface area contributed by atoms with Crippen LogP contribution in [0.5, 0.6) is 5.75 Å². The molecule has 0 aromatic heterocycles. The molecule has 4 aromatic rings. The molecule has 0 unspecified atom stereocenters. The van der Waals surface area contributed by atoms with Crippen LogP contribution in [0.4, 0.5) is 0 Å².